The number of benzene rings is 2. The predicted octanol–water partition coefficient (Wildman–Crippen LogP) is 5.15. The number of likely N-dealkylation sites (tertiary alicyclic amines) is 1. The fraction of sp³-hybridized carbons (Fsp3) is 0.222. The van der Waals surface area contributed by atoms with Gasteiger partial charge in [0.1, 0.15) is 0 Å². The van der Waals surface area contributed by atoms with Gasteiger partial charge in [-0.15, -0.1) is 0 Å². The molecule has 0 spiro atoms. The molecule has 2 atom stereocenters. The molecule has 2 unspecified atom stereocenters. The fourth-order valence-corrected chi connectivity index (χ4v) is 5.23. The van der Waals surface area contributed by atoms with Gasteiger partial charge in [0, 0.05) is 30.0 Å². The Labute approximate surface area is 202 Å². The summed E-state index contributed by atoms with van der Waals surface area (Å²) in [5.74, 6) is -0.190. The van der Waals surface area contributed by atoms with Gasteiger partial charge in [-0.1, -0.05) is 48.0 Å². The lowest BCUT2D eigenvalue weighted by Crippen LogP contribution is -2.41. The highest BCUT2D eigenvalue weighted by atomic mass is 35.5. The zero-order chi connectivity index (χ0) is 23.7. The molecule has 3 heterocycles. The number of primary amides is 1. The molecule has 2 aromatic carbocycles. The monoisotopic (exact) mass is 472 g/mol. The van der Waals surface area contributed by atoms with Gasteiger partial charge in [0.05, 0.1) is 27.7 Å². The lowest BCUT2D eigenvalue weighted by atomic mass is 9.84. The van der Waals surface area contributed by atoms with Crippen molar-refractivity contribution in [3.05, 3.63) is 100 Å². The van der Waals surface area contributed by atoms with Gasteiger partial charge < -0.3 is 15.6 Å². The van der Waals surface area contributed by atoms with E-state index in [4.69, 9.17) is 17.3 Å². The first-order valence-electron chi connectivity index (χ1n) is 11.4. The maximum Gasteiger partial charge on any atom is 0.255 e. The normalized spacial score (nSPS) is 18.2. The number of rotatable bonds is 5. The molecule has 7 heteroatoms. The van der Waals surface area contributed by atoms with E-state index in [1.807, 2.05) is 23.1 Å². The van der Waals surface area contributed by atoms with E-state index >= 15 is 0 Å². The highest BCUT2D eigenvalue weighted by molar-refractivity contribution is 6.38. The summed E-state index contributed by atoms with van der Waals surface area (Å²) >= 11 is 6.50. The smallest absolute Gasteiger partial charge is 0.255 e. The molecule has 0 saturated carbocycles. The third-order valence-electron chi connectivity index (χ3n) is 6.63. The van der Waals surface area contributed by atoms with Crippen LogP contribution in [0, 0.1) is 5.92 Å². The van der Waals surface area contributed by atoms with Gasteiger partial charge in [0.15, 0.2) is 0 Å². The average Bonchev–Trinajstić information content (AvgIpc) is 3.30. The van der Waals surface area contributed by atoms with Crippen molar-refractivity contribution in [3.63, 3.8) is 0 Å². The Hall–Kier alpha value is -3.64. The van der Waals surface area contributed by atoms with Crippen LogP contribution in [0.5, 0.6) is 0 Å². The van der Waals surface area contributed by atoms with Crippen molar-refractivity contribution in [2.24, 2.45) is 11.7 Å². The molecule has 5 rings (SSSR count). The molecule has 1 fully saturated rings. The third kappa shape index (κ3) is 4.29. The van der Waals surface area contributed by atoms with Crippen LogP contribution in [-0.2, 0) is 6.42 Å². The van der Waals surface area contributed by atoms with Crippen molar-refractivity contribution in [2.75, 3.05) is 6.54 Å². The van der Waals surface area contributed by atoms with E-state index in [0.29, 0.717) is 28.6 Å². The number of nitrogens with zero attached hydrogens (tertiary/aromatic N) is 2. The van der Waals surface area contributed by atoms with Crippen molar-refractivity contribution >= 4 is 34.3 Å². The van der Waals surface area contributed by atoms with Crippen molar-refractivity contribution < 1.29 is 9.59 Å². The van der Waals surface area contributed by atoms with Crippen LogP contribution in [0.1, 0.15) is 50.9 Å². The average molecular weight is 473 g/mol. The van der Waals surface area contributed by atoms with Crippen LogP contribution in [0.3, 0.4) is 0 Å². The van der Waals surface area contributed by atoms with E-state index in [1.54, 1.807) is 30.6 Å². The number of nitrogens with two attached hydrogens (primary N) is 1. The van der Waals surface area contributed by atoms with Crippen LogP contribution in [0.25, 0.3) is 10.9 Å². The molecule has 0 radical (unpaired) electrons. The van der Waals surface area contributed by atoms with Gasteiger partial charge >= 0.3 is 0 Å². The molecular formula is C27H25ClN4O2. The molecule has 0 bridgehead atoms. The minimum atomic E-state index is -0.572. The lowest BCUT2D eigenvalue weighted by molar-refractivity contribution is 0.0539. The van der Waals surface area contributed by atoms with Crippen molar-refractivity contribution in [3.8, 4) is 0 Å². The lowest BCUT2D eigenvalue weighted by Gasteiger charge is -2.39. The van der Waals surface area contributed by atoms with Crippen LogP contribution in [0.2, 0.25) is 5.02 Å². The fourth-order valence-electron chi connectivity index (χ4n) is 4.92. The number of amides is 2. The Bertz CT molecular complexity index is 1340. The quantitative estimate of drug-likeness (QED) is 0.420. The summed E-state index contributed by atoms with van der Waals surface area (Å²) < 4.78 is 0. The number of carbonyl (C=O) groups excluding carboxylic acids is 2. The van der Waals surface area contributed by atoms with E-state index in [1.165, 1.54) is 5.56 Å². The summed E-state index contributed by atoms with van der Waals surface area (Å²) in [7, 11) is 0. The van der Waals surface area contributed by atoms with Crippen molar-refractivity contribution in [1.82, 2.24) is 14.9 Å². The predicted molar refractivity (Wildman–Crippen MR) is 133 cm³/mol. The summed E-state index contributed by atoms with van der Waals surface area (Å²) in [6.45, 7) is 0.644. The zero-order valence-corrected chi connectivity index (χ0v) is 19.3. The molecule has 4 aromatic rings. The van der Waals surface area contributed by atoms with E-state index in [0.717, 1.165) is 30.3 Å². The first-order chi connectivity index (χ1) is 16.5. The standard InChI is InChI=1S/C27H25ClN4O2/c28-24-21(26(29)33)9-8-19-15-22(31-25(19)24)23-14-18(13-17-5-2-1-3-6-17)10-12-32(23)27(34)20-7-4-11-30-16-20/h1-9,11,15-16,18,23,31H,10,12-14H2,(H2,29,33). The van der Waals surface area contributed by atoms with Gasteiger partial charge in [-0.3, -0.25) is 14.6 Å². The highest BCUT2D eigenvalue weighted by Crippen LogP contribution is 2.38. The molecule has 6 nitrogen and oxygen atoms in total. The molecule has 1 aliphatic heterocycles. The molecular weight excluding hydrogens is 448 g/mol. The highest BCUT2D eigenvalue weighted by Gasteiger charge is 2.34. The maximum atomic E-state index is 13.5. The largest absolute Gasteiger partial charge is 0.366 e. The minimum absolute atomic E-state index is 0.0427. The van der Waals surface area contributed by atoms with Crippen LogP contribution in [0.4, 0.5) is 0 Å². The van der Waals surface area contributed by atoms with Gasteiger partial charge in [0.25, 0.3) is 5.91 Å². The second kappa shape index (κ2) is 9.31. The number of nitrogens with one attached hydrogen (secondary N) is 1. The summed E-state index contributed by atoms with van der Waals surface area (Å²) in [6.07, 6.45) is 5.96. The maximum absolute atomic E-state index is 13.5. The number of H-pyrrole nitrogens is 1. The summed E-state index contributed by atoms with van der Waals surface area (Å²) in [5, 5.41) is 1.18. The van der Waals surface area contributed by atoms with Gasteiger partial charge in [-0.2, -0.15) is 0 Å². The number of piperidine rings is 1. The molecule has 34 heavy (non-hydrogen) atoms. The number of pyridine rings is 1. The number of halogens is 1. The van der Waals surface area contributed by atoms with Crippen molar-refractivity contribution in [2.45, 2.75) is 25.3 Å². The van der Waals surface area contributed by atoms with Crippen LogP contribution >= 0.6 is 11.6 Å². The Balaban J connectivity index is 1.51. The molecule has 0 aliphatic carbocycles. The Morgan fingerprint density at radius 1 is 1.12 bits per heavy atom. The molecule has 172 valence electrons. The second-order valence-corrected chi connectivity index (χ2v) is 9.19. The Morgan fingerprint density at radius 2 is 1.94 bits per heavy atom. The van der Waals surface area contributed by atoms with Crippen LogP contribution in [-0.4, -0.2) is 33.2 Å². The molecule has 1 saturated heterocycles. The molecule has 1 aliphatic rings. The minimum Gasteiger partial charge on any atom is -0.366 e. The number of aromatic nitrogens is 2. The van der Waals surface area contributed by atoms with Crippen LogP contribution < -0.4 is 5.73 Å². The molecule has 2 amide bonds. The SMILES string of the molecule is NC(=O)c1ccc2cc(C3CC(Cc4ccccc4)CCN3C(=O)c3cccnc3)[nH]c2c1Cl. The Kier molecular flexibility index (Phi) is 6.07. The third-order valence-corrected chi connectivity index (χ3v) is 7.02. The molecule has 3 N–H and O–H groups in total. The number of aromatic amines is 1. The Morgan fingerprint density at radius 3 is 2.68 bits per heavy atom. The number of hydrogen-bond donors (Lipinski definition) is 2. The first kappa shape index (κ1) is 22.2. The van der Waals surface area contributed by atoms with Gasteiger partial charge in [-0.05, 0) is 55.0 Å². The van der Waals surface area contributed by atoms with Crippen LogP contribution in [0.15, 0.2) is 73.1 Å². The van der Waals surface area contributed by atoms with E-state index in [2.05, 4.69) is 34.2 Å². The van der Waals surface area contributed by atoms with E-state index < -0.39 is 5.91 Å². The first-order valence-corrected chi connectivity index (χ1v) is 11.7. The second-order valence-electron chi connectivity index (χ2n) is 8.82. The van der Waals surface area contributed by atoms with Gasteiger partial charge in [0.2, 0.25) is 5.91 Å². The summed E-state index contributed by atoms with van der Waals surface area (Å²) in [5.41, 5.74) is 9.17. The summed E-state index contributed by atoms with van der Waals surface area (Å²) in [6, 6.07) is 19.3. The zero-order valence-electron chi connectivity index (χ0n) is 18.6. The number of carbonyl (C=O) groups is 2. The van der Waals surface area contributed by atoms with E-state index in [9.17, 15) is 9.59 Å². The number of fused-ring (bicyclic) bond motifs is 1. The van der Waals surface area contributed by atoms with Crippen molar-refractivity contribution in [1.29, 1.82) is 0 Å². The van der Waals surface area contributed by atoms with Gasteiger partial charge in [-0.25, -0.2) is 0 Å². The topological polar surface area (TPSA) is 92.1 Å². The van der Waals surface area contributed by atoms with E-state index in [-0.39, 0.29) is 17.5 Å². The number of hydrogen-bond acceptors (Lipinski definition) is 3. The summed E-state index contributed by atoms with van der Waals surface area (Å²) in [4.78, 5) is 34.7. The molecule has 2 aromatic heterocycles.